The Morgan fingerprint density at radius 1 is 1.45 bits per heavy atom. The summed E-state index contributed by atoms with van der Waals surface area (Å²) >= 11 is 0. The number of H-pyrrole nitrogens is 1. The molecule has 7 nitrogen and oxygen atoms in total. The molecule has 0 aliphatic carbocycles. The molecule has 118 valence electrons. The highest BCUT2D eigenvalue weighted by Crippen LogP contribution is 2.13. The van der Waals surface area contributed by atoms with Crippen molar-refractivity contribution in [3.05, 3.63) is 33.4 Å². The molecule has 2 aromatic heterocycles. The summed E-state index contributed by atoms with van der Waals surface area (Å²) in [4.78, 5) is 28.1. The van der Waals surface area contributed by atoms with Gasteiger partial charge in [-0.15, -0.1) is 0 Å². The highest BCUT2D eigenvalue weighted by Gasteiger charge is 2.20. The van der Waals surface area contributed by atoms with Crippen LogP contribution < -0.4 is 16.2 Å². The Morgan fingerprint density at radius 3 is 3.00 bits per heavy atom. The molecule has 3 heterocycles. The van der Waals surface area contributed by atoms with E-state index in [-0.39, 0.29) is 17.5 Å². The Morgan fingerprint density at radius 2 is 2.27 bits per heavy atom. The fraction of sp³-hybridized carbons (Fsp3) is 0.533. The minimum Gasteiger partial charge on any atom is -0.351 e. The highest BCUT2D eigenvalue weighted by atomic mass is 16.2. The molecule has 0 saturated carbocycles. The smallest absolute Gasteiger partial charge is 0.266 e. The summed E-state index contributed by atoms with van der Waals surface area (Å²) in [7, 11) is 0. The number of hydrogen-bond donors (Lipinski definition) is 3. The van der Waals surface area contributed by atoms with Gasteiger partial charge in [-0.25, -0.2) is 9.50 Å². The van der Waals surface area contributed by atoms with Crippen LogP contribution in [0.15, 0.2) is 10.9 Å². The first-order chi connectivity index (χ1) is 10.6. The van der Waals surface area contributed by atoms with Crippen LogP contribution in [0.25, 0.3) is 5.65 Å². The van der Waals surface area contributed by atoms with Crippen LogP contribution in [0.3, 0.4) is 0 Å². The predicted octanol–water partition coefficient (Wildman–Crippen LogP) is 0.398. The van der Waals surface area contributed by atoms with Crippen molar-refractivity contribution in [1.82, 2.24) is 25.2 Å². The first-order valence-corrected chi connectivity index (χ1v) is 7.65. The van der Waals surface area contributed by atoms with Crippen LogP contribution in [0.2, 0.25) is 0 Å². The molecular weight excluding hydrogens is 282 g/mol. The Bertz CT molecular complexity index is 755. The van der Waals surface area contributed by atoms with Gasteiger partial charge < -0.3 is 10.6 Å². The molecule has 1 amide bonds. The molecule has 22 heavy (non-hydrogen) atoms. The Labute approximate surface area is 128 Å². The van der Waals surface area contributed by atoms with Crippen LogP contribution in [0.5, 0.6) is 0 Å². The molecule has 0 radical (unpaired) electrons. The van der Waals surface area contributed by atoms with Crippen LogP contribution in [-0.4, -0.2) is 33.1 Å². The fourth-order valence-electron chi connectivity index (χ4n) is 2.99. The molecule has 0 unspecified atom stereocenters. The van der Waals surface area contributed by atoms with Crippen LogP contribution in [0.4, 0.5) is 0 Å². The van der Waals surface area contributed by atoms with E-state index in [9.17, 15) is 9.59 Å². The van der Waals surface area contributed by atoms with E-state index in [1.807, 2.05) is 13.8 Å². The quantitative estimate of drug-likeness (QED) is 0.765. The standard InChI is InChI=1S/C15H21N5O2/c1-9-11(8-17-15(22)12-5-3-4-6-16-12)10(2)20-13(18-9)7-14(21)19-20/h7,12,16H,3-6,8H2,1-2H3,(H,17,22)(H,19,21)/t12-/m0/s1. The number of rotatable bonds is 3. The molecule has 7 heteroatoms. The second kappa shape index (κ2) is 5.92. The second-order valence-corrected chi connectivity index (χ2v) is 5.80. The number of aromatic nitrogens is 3. The van der Waals surface area contributed by atoms with Crippen molar-refractivity contribution < 1.29 is 4.79 Å². The van der Waals surface area contributed by atoms with Gasteiger partial charge in [-0.3, -0.25) is 14.7 Å². The van der Waals surface area contributed by atoms with E-state index in [0.29, 0.717) is 12.2 Å². The van der Waals surface area contributed by atoms with Gasteiger partial charge in [-0.05, 0) is 33.2 Å². The largest absolute Gasteiger partial charge is 0.351 e. The van der Waals surface area contributed by atoms with E-state index < -0.39 is 0 Å². The third-order valence-corrected chi connectivity index (χ3v) is 4.27. The lowest BCUT2D eigenvalue weighted by Crippen LogP contribution is -2.46. The molecule has 1 aliphatic heterocycles. The minimum atomic E-state index is -0.178. The molecule has 1 atom stereocenters. The van der Waals surface area contributed by atoms with Crippen LogP contribution >= 0.6 is 0 Å². The van der Waals surface area contributed by atoms with Gasteiger partial charge in [0.25, 0.3) is 5.56 Å². The summed E-state index contributed by atoms with van der Waals surface area (Å²) in [6.07, 6.45) is 3.09. The number of nitrogens with zero attached hydrogens (tertiary/aromatic N) is 2. The number of piperidine rings is 1. The zero-order chi connectivity index (χ0) is 15.7. The van der Waals surface area contributed by atoms with Crippen molar-refractivity contribution in [3.63, 3.8) is 0 Å². The van der Waals surface area contributed by atoms with E-state index >= 15 is 0 Å². The Hall–Kier alpha value is -2.15. The molecule has 1 saturated heterocycles. The maximum atomic E-state index is 12.2. The number of aryl methyl sites for hydroxylation is 2. The Balaban J connectivity index is 1.78. The summed E-state index contributed by atoms with van der Waals surface area (Å²) in [5, 5.41) is 8.93. The lowest BCUT2D eigenvalue weighted by Gasteiger charge is -2.23. The number of fused-ring (bicyclic) bond motifs is 1. The zero-order valence-corrected chi connectivity index (χ0v) is 12.9. The van der Waals surface area contributed by atoms with Crippen molar-refractivity contribution in [2.45, 2.75) is 45.7 Å². The van der Waals surface area contributed by atoms with E-state index in [1.165, 1.54) is 6.07 Å². The zero-order valence-electron chi connectivity index (χ0n) is 12.9. The normalized spacial score (nSPS) is 18.5. The number of hydrogen-bond acceptors (Lipinski definition) is 4. The minimum absolute atomic E-state index is 0.0274. The predicted molar refractivity (Wildman–Crippen MR) is 82.8 cm³/mol. The second-order valence-electron chi connectivity index (χ2n) is 5.80. The molecule has 0 aromatic carbocycles. The van der Waals surface area contributed by atoms with E-state index in [0.717, 1.165) is 42.8 Å². The van der Waals surface area contributed by atoms with Gasteiger partial charge >= 0.3 is 0 Å². The molecule has 1 aliphatic rings. The van der Waals surface area contributed by atoms with Crippen molar-refractivity contribution in [3.8, 4) is 0 Å². The number of nitrogens with one attached hydrogen (secondary N) is 3. The van der Waals surface area contributed by atoms with E-state index in [2.05, 4.69) is 20.7 Å². The van der Waals surface area contributed by atoms with Crippen LogP contribution in [-0.2, 0) is 11.3 Å². The first-order valence-electron chi connectivity index (χ1n) is 7.65. The van der Waals surface area contributed by atoms with Crippen molar-refractivity contribution in [2.75, 3.05) is 6.54 Å². The third-order valence-electron chi connectivity index (χ3n) is 4.27. The summed E-state index contributed by atoms with van der Waals surface area (Å²) in [6.45, 7) is 5.12. The van der Waals surface area contributed by atoms with Gasteiger partial charge in [0.05, 0.1) is 6.04 Å². The summed E-state index contributed by atoms with van der Waals surface area (Å²) in [5.74, 6) is 0.0274. The van der Waals surface area contributed by atoms with E-state index in [1.54, 1.807) is 4.52 Å². The molecular formula is C15H21N5O2. The van der Waals surface area contributed by atoms with E-state index in [4.69, 9.17) is 0 Å². The third kappa shape index (κ3) is 2.76. The SMILES string of the molecule is Cc1nc2cc(=O)[nH]n2c(C)c1CNC(=O)[C@@H]1CCCCN1. The molecule has 2 aromatic rings. The van der Waals surface area contributed by atoms with Crippen molar-refractivity contribution in [2.24, 2.45) is 0 Å². The Kier molecular flexibility index (Phi) is 3.98. The molecule has 1 fully saturated rings. The lowest BCUT2D eigenvalue weighted by molar-refractivity contribution is -0.123. The average molecular weight is 303 g/mol. The fourth-order valence-corrected chi connectivity index (χ4v) is 2.99. The van der Waals surface area contributed by atoms with Crippen molar-refractivity contribution >= 4 is 11.6 Å². The number of amides is 1. The summed E-state index contributed by atoms with van der Waals surface area (Å²) in [6, 6.07) is 1.37. The number of carbonyl (C=O) groups is 1. The van der Waals surface area contributed by atoms with Crippen LogP contribution in [0.1, 0.15) is 36.2 Å². The monoisotopic (exact) mass is 303 g/mol. The number of aromatic amines is 1. The van der Waals surface area contributed by atoms with Crippen LogP contribution in [0, 0.1) is 13.8 Å². The van der Waals surface area contributed by atoms with Gasteiger partial charge in [-0.1, -0.05) is 6.42 Å². The average Bonchev–Trinajstić information content (AvgIpc) is 2.88. The van der Waals surface area contributed by atoms with Crippen molar-refractivity contribution in [1.29, 1.82) is 0 Å². The molecule has 0 spiro atoms. The molecule has 3 rings (SSSR count). The lowest BCUT2D eigenvalue weighted by atomic mass is 10.0. The van der Waals surface area contributed by atoms with Gasteiger partial charge in [0, 0.05) is 29.6 Å². The highest BCUT2D eigenvalue weighted by molar-refractivity contribution is 5.81. The summed E-state index contributed by atoms with van der Waals surface area (Å²) < 4.78 is 1.66. The van der Waals surface area contributed by atoms with Gasteiger partial charge in [0.15, 0.2) is 5.65 Å². The maximum Gasteiger partial charge on any atom is 0.266 e. The first kappa shape index (κ1) is 14.8. The maximum absolute atomic E-state index is 12.2. The molecule has 3 N–H and O–H groups in total. The molecule has 0 bridgehead atoms. The summed E-state index contributed by atoms with van der Waals surface area (Å²) in [5.41, 5.74) is 3.07. The van der Waals surface area contributed by atoms with Gasteiger partial charge in [-0.2, -0.15) is 0 Å². The topological polar surface area (TPSA) is 91.3 Å². The van der Waals surface area contributed by atoms with Gasteiger partial charge in [0.2, 0.25) is 5.91 Å². The van der Waals surface area contributed by atoms with Gasteiger partial charge in [0.1, 0.15) is 0 Å². The number of carbonyl (C=O) groups excluding carboxylic acids is 1.